The van der Waals surface area contributed by atoms with Gasteiger partial charge in [-0.1, -0.05) is 18.2 Å². The van der Waals surface area contributed by atoms with Crippen molar-refractivity contribution >= 4 is 17.7 Å². The maximum Gasteiger partial charge on any atom is 0.191 e. The third kappa shape index (κ3) is 6.43. The average Bonchev–Trinajstić information content (AvgIpc) is 3.11. The average molecular weight is 421 g/mol. The predicted molar refractivity (Wildman–Crippen MR) is 115 cm³/mol. The highest BCUT2D eigenvalue weighted by molar-refractivity contribution is 7.98. The van der Waals surface area contributed by atoms with Gasteiger partial charge in [0.2, 0.25) is 0 Å². The number of fused-ring (bicyclic) bond motifs is 1. The number of ether oxygens (including phenoxy) is 1. The summed E-state index contributed by atoms with van der Waals surface area (Å²) in [5.41, 5.74) is 0.741. The molecule has 0 fully saturated rings. The third-order valence-electron chi connectivity index (χ3n) is 4.58. The topological polar surface area (TPSA) is 76.4 Å². The SMILES string of the molecule is CCNC(=NCCSCc1ccccc1F)NC1CCc2nc(COC)nn2C1. The summed E-state index contributed by atoms with van der Waals surface area (Å²) in [6, 6.07) is 7.17. The lowest BCUT2D eigenvalue weighted by Crippen LogP contribution is -2.47. The van der Waals surface area contributed by atoms with Crippen molar-refractivity contribution < 1.29 is 9.13 Å². The number of methoxy groups -OCH3 is 1. The van der Waals surface area contributed by atoms with Gasteiger partial charge in [0.25, 0.3) is 0 Å². The van der Waals surface area contributed by atoms with Crippen LogP contribution in [0, 0.1) is 5.82 Å². The molecule has 0 spiro atoms. The van der Waals surface area contributed by atoms with Gasteiger partial charge in [-0.25, -0.2) is 14.1 Å². The number of hydrogen-bond donors (Lipinski definition) is 2. The number of aliphatic imine (C=N–C) groups is 1. The molecule has 0 aliphatic carbocycles. The Balaban J connectivity index is 1.47. The zero-order chi connectivity index (χ0) is 20.5. The van der Waals surface area contributed by atoms with Crippen molar-refractivity contribution in [3.8, 4) is 0 Å². The van der Waals surface area contributed by atoms with Gasteiger partial charge in [0.1, 0.15) is 18.2 Å². The molecule has 2 N–H and O–H groups in total. The van der Waals surface area contributed by atoms with Gasteiger partial charge in [0.05, 0.1) is 13.1 Å². The number of thioether (sulfide) groups is 1. The molecule has 2 aromatic rings. The van der Waals surface area contributed by atoms with Crippen molar-refractivity contribution in [1.29, 1.82) is 0 Å². The summed E-state index contributed by atoms with van der Waals surface area (Å²) in [5.74, 6) is 3.91. The summed E-state index contributed by atoms with van der Waals surface area (Å²) in [6.45, 7) is 4.73. The van der Waals surface area contributed by atoms with E-state index in [-0.39, 0.29) is 11.9 Å². The molecule has 0 amide bonds. The van der Waals surface area contributed by atoms with Crippen LogP contribution in [0.25, 0.3) is 0 Å². The highest BCUT2D eigenvalue weighted by Gasteiger charge is 2.22. The first kappa shape index (κ1) is 21.6. The largest absolute Gasteiger partial charge is 0.377 e. The molecule has 1 aliphatic rings. The summed E-state index contributed by atoms with van der Waals surface area (Å²) >= 11 is 1.69. The van der Waals surface area contributed by atoms with E-state index in [0.717, 1.165) is 54.9 Å². The molecule has 29 heavy (non-hydrogen) atoms. The van der Waals surface area contributed by atoms with Crippen LogP contribution in [0.4, 0.5) is 4.39 Å². The van der Waals surface area contributed by atoms with Gasteiger partial charge >= 0.3 is 0 Å². The lowest BCUT2D eigenvalue weighted by atomic mass is 10.1. The van der Waals surface area contributed by atoms with Crippen LogP contribution in [0.5, 0.6) is 0 Å². The molecule has 0 radical (unpaired) electrons. The molecule has 1 aromatic heterocycles. The van der Waals surface area contributed by atoms with Crippen LogP contribution in [0.15, 0.2) is 29.3 Å². The van der Waals surface area contributed by atoms with E-state index in [1.165, 1.54) is 6.07 Å². The second kappa shape index (κ2) is 11.2. The van der Waals surface area contributed by atoms with Crippen molar-refractivity contribution in [3.05, 3.63) is 47.3 Å². The quantitative estimate of drug-likeness (QED) is 0.369. The Morgan fingerprint density at radius 2 is 2.28 bits per heavy atom. The van der Waals surface area contributed by atoms with E-state index < -0.39 is 0 Å². The minimum absolute atomic E-state index is 0.142. The Bertz CT molecular complexity index is 812. The molecule has 7 nitrogen and oxygen atoms in total. The Morgan fingerprint density at radius 3 is 3.07 bits per heavy atom. The smallest absolute Gasteiger partial charge is 0.191 e. The van der Waals surface area contributed by atoms with E-state index >= 15 is 0 Å². The fraction of sp³-hybridized carbons (Fsp3) is 0.550. The maximum absolute atomic E-state index is 13.7. The molecule has 1 unspecified atom stereocenters. The molecule has 0 saturated carbocycles. The number of aromatic nitrogens is 3. The van der Waals surface area contributed by atoms with Gasteiger partial charge in [0, 0.05) is 37.6 Å². The van der Waals surface area contributed by atoms with E-state index in [2.05, 4.69) is 32.6 Å². The molecule has 9 heteroatoms. The van der Waals surface area contributed by atoms with Crippen molar-refractivity contribution in [1.82, 2.24) is 25.4 Å². The molecule has 1 aromatic carbocycles. The first-order chi connectivity index (χ1) is 14.2. The number of halogens is 1. The number of aryl methyl sites for hydroxylation is 1. The number of rotatable bonds is 9. The summed E-state index contributed by atoms with van der Waals surface area (Å²) in [5, 5.41) is 11.3. The van der Waals surface area contributed by atoms with Crippen LogP contribution in [0.2, 0.25) is 0 Å². The second-order valence-corrected chi connectivity index (χ2v) is 7.95. The minimum Gasteiger partial charge on any atom is -0.377 e. The number of hydrogen-bond acceptors (Lipinski definition) is 5. The fourth-order valence-electron chi connectivity index (χ4n) is 3.20. The summed E-state index contributed by atoms with van der Waals surface area (Å²) in [6.07, 6.45) is 1.86. The van der Waals surface area contributed by atoms with E-state index in [1.807, 2.05) is 16.8 Å². The Labute approximate surface area is 175 Å². The summed E-state index contributed by atoms with van der Waals surface area (Å²) < 4.78 is 20.7. The Kier molecular flexibility index (Phi) is 8.30. The Hall–Kier alpha value is -2.13. The van der Waals surface area contributed by atoms with Gasteiger partial charge in [-0.05, 0) is 25.0 Å². The van der Waals surface area contributed by atoms with Crippen LogP contribution >= 0.6 is 11.8 Å². The van der Waals surface area contributed by atoms with Crippen LogP contribution in [-0.4, -0.2) is 52.7 Å². The zero-order valence-corrected chi connectivity index (χ0v) is 17.8. The summed E-state index contributed by atoms with van der Waals surface area (Å²) in [4.78, 5) is 9.18. The minimum atomic E-state index is -0.142. The lowest BCUT2D eigenvalue weighted by molar-refractivity contribution is 0.177. The van der Waals surface area contributed by atoms with Crippen LogP contribution < -0.4 is 10.6 Å². The van der Waals surface area contributed by atoms with Crippen LogP contribution in [0.3, 0.4) is 0 Å². The first-order valence-corrected chi connectivity index (χ1v) is 11.1. The highest BCUT2D eigenvalue weighted by Crippen LogP contribution is 2.15. The predicted octanol–water partition coefficient (Wildman–Crippen LogP) is 2.37. The zero-order valence-electron chi connectivity index (χ0n) is 17.0. The normalized spacial score (nSPS) is 16.5. The number of guanidine groups is 1. The standard InChI is InChI=1S/C20H29FN6OS/c1-3-22-20(23-10-11-29-14-15-6-4-5-7-17(15)21)24-16-8-9-19-25-18(13-28-2)26-27(19)12-16/h4-7,16H,3,8-14H2,1-2H3,(H2,22,23,24). The molecule has 0 bridgehead atoms. The second-order valence-electron chi connectivity index (χ2n) is 6.84. The van der Waals surface area contributed by atoms with Crippen LogP contribution in [-0.2, 0) is 30.1 Å². The summed E-state index contributed by atoms with van der Waals surface area (Å²) in [7, 11) is 1.65. The molecule has 0 saturated heterocycles. The van der Waals surface area contributed by atoms with Gasteiger partial charge < -0.3 is 15.4 Å². The monoisotopic (exact) mass is 420 g/mol. The van der Waals surface area contributed by atoms with Gasteiger partial charge in [0.15, 0.2) is 11.8 Å². The van der Waals surface area contributed by atoms with E-state index in [0.29, 0.717) is 18.9 Å². The van der Waals surface area contributed by atoms with E-state index in [1.54, 1.807) is 24.9 Å². The molecular formula is C20H29FN6OS. The molecule has 2 heterocycles. The maximum atomic E-state index is 13.7. The fourth-order valence-corrected chi connectivity index (χ4v) is 4.02. The first-order valence-electron chi connectivity index (χ1n) is 9.97. The van der Waals surface area contributed by atoms with E-state index in [9.17, 15) is 4.39 Å². The molecule has 1 atom stereocenters. The van der Waals surface area contributed by atoms with Crippen molar-refractivity contribution in [2.24, 2.45) is 4.99 Å². The van der Waals surface area contributed by atoms with Crippen molar-refractivity contribution in [2.75, 3.05) is 26.0 Å². The molecular weight excluding hydrogens is 391 g/mol. The van der Waals surface area contributed by atoms with Gasteiger partial charge in [-0.2, -0.15) is 16.9 Å². The highest BCUT2D eigenvalue weighted by atomic mass is 32.2. The molecule has 158 valence electrons. The molecule has 3 rings (SSSR count). The number of nitrogens with one attached hydrogen (secondary N) is 2. The van der Waals surface area contributed by atoms with Crippen LogP contribution in [0.1, 0.15) is 30.6 Å². The van der Waals surface area contributed by atoms with Crippen molar-refractivity contribution in [3.63, 3.8) is 0 Å². The number of benzene rings is 1. The number of nitrogens with zero attached hydrogens (tertiary/aromatic N) is 4. The van der Waals surface area contributed by atoms with Gasteiger partial charge in [-0.3, -0.25) is 4.99 Å². The molecule has 1 aliphatic heterocycles. The Morgan fingerprint density at radius 1 is 1.41 bits per heavy atom. The lowest BCUT2D eigenvalue weighted by Gasteiger charge is -2.25. The third-order valence-corrected chi connectivity index (χ3v) is 5.57. The van der Waals surface area contributed by atoms with Gasteiger partial charge in [-0.15, -0.1) is 0 Å². The van der Waals surface area contributed by atoms with E-state index in [4.69, 9.17) is 4.74 Å². The van der Waals surface area contributed by atoms with Crippen molar-refractivity contribution in [2.45, 2.75) is 44.7 Å².